The minimum Gasteiger partial charge on any atom is -0.444 e. The Bertz CT molecular complexity index is 523. The quantitative estimate of drug-likeness (QED) is 0.836. The lowest BCUT2D eigenvalue weighted by Gasteiger charge is -2.37. The van der Waals surface area contributed by atoms with Crippen molar-refractivity contribution < 1.29 is 13.9 Å². The molecule has 22 heavy (non-hydrogen) atoms. The summed E-state index contributed by atoms with van der Waals surface area (Å²) in [6, 6.07) is 0. The van der Waals surface area contributed by atoms with E-state index in [1.165, 1.54) is 0 Å². The maximum absolute atomic E-state index is 12.1. The Morgan fingerprint density at radius 2 is 1.86 bits per heavy atom. The van der Waals surface area contributed by atoms with Crippen LogP contribution in [0, 0.1) is 0 Å². The number of hydrogen-bond donors (Lipinski definition) is 0. The van der Waals surface area contributed by atoms with Gasteiger partial charge in [-0.1, -0.05) is 20.8 Å². The molecule has 0 unspecified atom stereocenters. The van der Waals surface area contributed by atoms with E-state index in [4.69, 9.17) is 9.15 Å². The first-order valence-corrected chi connectivity index (χ1v) is 7.92. The molecule has 0 radical (unpaired) electrons. The standard InChI is InChI=1S/C16H27N3O3/c1-11(2)12-17-18-13(21-12)16(6)7-9-19(10-8-16)14(20)22-15(3,4)5/h11H,7-10H2,1-6H3. The van der Waals surface area contributed by atoms with Crippen LogP contribution in [0.15, 0.2) is 4.42 Å². The molecular weight excluding hydrogens is 282 g/mol. The molecule has 0 N–H and O–H groups in total. The molecule has 6 nitrogen and oxygen atoms in total. The van der Waals surface area contributed by atoms with Crippen LogP contribution in [0.2, 0.25) is 0 Å². The number of ether oxygens (including phenoxy) is 1. The first-order valence-electron chi connectivity index (χ1n) is 7.92. The van der Waals surface area contributed by atoms with Gasteiger partial charge in [0, 0.05) is 24.4 Å². The van der Waals surface area contributed by atoms with Crippen LogP contribution in [0.5, 0.6) is 0 Å². The summed E-state index contributed by atoms with van der Waals surface area (Å²) in [5.41, 5.74) is -0.630. The second-order valence-electron chi connectivity index (χ2n) is 7.63. The Labute approximate surface area is 132 Å². The van der Waals surface area contributed by atoms with Crippen molar-refractivity contribution in [3.05, 3.63) is 11.8 Å². The highest BCUT2D eigenvalue weighted by Crippen LogP contribution is 2.35. The van der Waals surface area contributed by atoms with Crippen LogP contribution in [0.3, 0.4) is 0 Å². The number of aromatic nitrogens is 2. The molecule has 1 aromatic rings. The Hall–Kier alpha value is -1.59. The molecule has 0 bridgehead atoms. The molecule has 0 saturated carbocycles. The lowest BCUT2D eigenvalue weighted by atomic mass is 9.80. The third-order valence-corrected chi connectivity index (χ3v) is 3.97. The van der Waals surface area contributed by atoms with Gasteiger partial charge in [0.1, 0.15) is 5.60 Å². The van der Waals surface area contributed by atoms with Crippen molar-refractivity contribution in [2.75, 3.05) is 13.1 Å². The van der Waals surface area contributed by atoms with E-state index < -0.39 is 5.60 Å². The number of likely N-dealkylation sites (tertiary alicyclic amines) is 1. The van der Waals surface area contributed by atoms with Crippen LogP contribution >= 0.6 is 0 Å². The van der Waals surface area contributed by atoms with Gasteiger partial charge in [-0.15, -0.1) is 10.2 Å². The molecule has 1 aromatic heterocycles. The zero-order valence-electron chi connectivity index (χ0n) is 14.5. The topological polar surface area (TPSA) is 68.5 Å². The second-order valence-corrected chi connectivity index (χ2v) is 7.63. The molecular formula is C16H27N3O3. The number of carbonyl (C=O) groups is 1. The summed E-state index contributed by atoms with van der Waals surface area (Å²) in [4.78, 5) is 13.9. The minimum absolute atomic E-state index is 0.168. The number of carbonyl (C=O) groups excluding carboxylic acids is 1. The Balaban J connectivity index is 1.99. The molecule has 2 heterocycles. The molecule has 1 saturated heterocycles. The van der Waals surface area contributed by atoms with Gasteiger partial charge in [-0.2, -0.15) is 0 Å². The van der Waals surface area contributed by atoms with E-state index in [1.807, 2.05) is 34.6 Å². The molecule has 1 aliphatic rings. The predicted molar refractivity (Wildman–Crippen MR) is 82.8 cm³/mol. The van der Waals surface area contributed by atoms with Gasteiger partial charge >= 0.3 is 6.09 Å². The van der Waals surface area contributed by atoms with Crippen LogP contribution in [-0.2, 0) is 10.2 Å². The fraction of sp³-hybridized carbons (Fsp3) is 0.812. The molecule has 0 atom stereocenters. The van der Waals surface area contributed by atoms with Crippen LogP contribution in [-0.4, -0.2) is 39.9 Å². The minimum atomic E-state index is -0.462. The van der Waals surface area contributed by atoms with E-state index in [-0.39, 0.29) is 17.4 Å². The highest BCUT2D eigenvalue weighted by atomic mass is 16.6. The van der Waals surface area contributed by atoms with Crippen molar-refractivity contribution in [2.45, 2.75) is 71.3 Å². The number of nitrogens with zero attached hydrogens (tertiary/aromatic N) is 3. The van der Waals surface area contributed by atoms with Gasteiger partial charge in [0.05, 0.1) is 0 Å². The summed E-state index contributed by atoms with van der Waals surface area (Å²) < 4.78 is 11.2. The van der Waals surface area contributed by atoms with Crippen molar-refractivity contribution in [1.29, 1.82) is 0 Å². The molecule has 2 rings (SSSR count). The fourth-order valence-electron chi connectivity index (χ4n) is 2.43. The van der Waals surface area contributed by atoms with E-state index in [0.29, 0.717) is 24.9 Å². The Morgan fingerprint density at radius 1 is 1.27 bits per heavy atom. The molecule has 0 aromatic carbocycles. The summed E-state index contributed by atoms with van der Waals surface area (Å²) in [6.07, 6.45) is 1.35. The number of amides is 1. The number of rotatable bonds is 2. The Morgan fingerprint density at radius 3 is 2.32 bits per heavy atom. The van der Waals surface area contributed by atoms with Gasteiger partial charge < -0.3 is 14.1 Å². The zero-order chi connectivity index (χ0) is 16.5. The molecule has 124 valence electrons. The first-order chi connectivity index (χ1) is 10.1. The monoisotopic (exact) mass is 309 g/mol. The molecule has 6 heteroatoms. The predicted octanol–water partition coefficient (Wildman–Crippen LogP) is 3.48. The van der Waals surface area contributed by atoms with E-state index in [0.717, 1.165) is 12.8 Å². The maximum Gasteiger partial charge on any atom is 0.410 e. The first kappa shape index (κ1) is 16.8. The summed E-state index contributed by atoms with van der Waals surface area (Å²) in [5.74, 6) is 1.58. The highest BCUT2D eigenvalue weighted by Gasteiger charge is 2.38. The summed E-state index contributed by atoms with van der Waals surface area (Å²) in [6.45, 7) is 13.1. The van der Waals surface area contributed by atoms with Gasteiger partial charge in [-0.25, -0.2) is 4.79 Å². The van der Waals surface area contributed by atoms with Gasteiger partial charge in [0.15, 0.2) is 0 Å². The Kier molecular flexibility index (Phi) is 4.49. The van der Waals surface area contributed by atoms with Crippen LogP contribution in [0.4, 0.5) is 4.79 Å². The van der Waals surface area contributed by atoms with Crippen molar-refractivity contribution in [2.24, 2.45) is 0 Å². The number of piperidine rings is 1. The van der Waals surface area contributed by atoms with Crippen molar-refractivity contribution in [1.82, 2.24) is 15.1 Å². The van der Waals surface area contributed by atoms with Crippen LogP contribution in [0.25, 0.3) is 0 Å². The van der Waals surface area contributed by atoms with Gasteiger partial charge in [0.2, 0.25) is 11.8 Å². The molecule has 1 aliphatic heterocycles. The second kappa shape index (κ2) is 5.89. The van der Waals surface area contributed by atoms with Crippen LogP contribution < -0.4 is 0 Å². The maximum atomic E-state index is 12.1. The third kappa shape index (κ3) is 3.78. The lowest BCUT2D eigenvalue weighted by molar-refractivity contribution is 0.0158. The van der Waals surface area contributed by atoms with Gasteiger partial charge in [0.25, 0.3) is 0 Å². The summed E-state index contributed by atoms with van der Waals surface area (Å²) >= 11 is 0. The van der Waals surface area contributed by atoms with E-state index >= 15 is 0 Å². The lowest BCUT2D eigenvalue weighted by Crippen LogP contribution is -2.45. The molecule has 0 aliphatic carbocycles. The average molecular weight is 309 g/mol. The van der Waals surface area contributed by atoms with Crippen molar-refractivity contribution in [3.63, 3.8) is 0 Å². The molecule has 1 amide bonds. The smallest absolute Gasteiger partial charge is 0.410 e. The van der Waals surface area contributed by atoms with Gasteiger partial charge in [-0.05, 0) is 33.6 Å². The van der Waals surface area contributed by atoms with E-state index in [2.05, 4.69) is 17.1 Å². The molecule has 1 fully saturated rings. The van der Waals surface area contributed by atoms with E-state index in [9.17, 15) is 4.79 Å². The largest absolute Gasteiger partial charge is 0.444 e. The zero-order valence-corrected chi connectivity index (χ0v) is 14.5. The SMILES string of the molecule is CC(C)c1nnc(C2(C)CCN(C(=O)OC(C)(C)C)CC2)o1. The van der Waals surface area contributed by atoms with Crippen LogP contribution in [0.1, 0.15) is 72.1 Å². The van der Waals surface area contributed by atoms with Crippen molar-refractivity contribution in [3.8, 4) is 0 Å². The highest BCUT2D eigenvalue weighted by molar-refractivity contribution is 5.68. The summed E-state index contributed by atoms with van der Waals surface area (Å²) in [5, 5.41) is 8.33. The summed E-state index contributed by atoms with van der Waals surface area (Å²) in [7, 11) is 0. The third-order valence-electron chi connectivity index (χ3n) is 3.97. The molecule has 0 spiro atoms. The number of hydrogen-bond acceptors (Lipinski definition) is 5. The average Bonchev–Trinajstić information content (AvgIpc) is 2.87. The van der Waals surface area contributed by atoms with Crippen molar-refractivity contribution >= 4 is 6.09 Å². The fourth-order valence-corrected chi connectivity index (χ4v) is 2.43. The van der Waals surface area contributed by atoms with Gasteiger partial charge in [-0.3, -0.25) is 0 Å². The van der Waals surface area contributed by atoms with E-state index in [1.54, 1.807) is 4.90 Å². The normalized spacial score (nSPS) is 18.6.